The Morgan fingerprint density at radius 2 is 1.52 bits per heavy atom. The summed E-state index contributed by atoms with van der Waals surface area (Å²) in [6, 6.07) is 6.68. The van der Waals surface area contributed by atoms with Crippen LogP contribution in [0.3, 0.4) is 0 Å². The Morgan fingerprint density at radius 3 is 1.96 bits per heavy atom. The summed E-state index contributed by atoms with van der Waals surface area (Å²) in [6.07, 6.45) is 10.4. The molecule has 0 saturated heterocycles. The zero-order chi connectivity index (χ0) is 17.3. The topological polar surface area (TPSA) is 20.2 Å². The molecular weight excluding hydrogens is 280 g/mol. The molecule has 0 amide bonds. The lowest BCUT2D eigenvalue weighted by Gasteiger charge is -2.30. The predicted molar refractivity (Wildman–Crippen MR) is 103 cm³/mol. The third-order valence-corrected chi connectivity index (χ3v) is 4.82. The van der Waals surface area contributed by atoms with E-state index in [9.17, 15) is 5.11 Å². The number of rotatable bonds is 11. The molecule has 0 aliphatic heterocycles. The summed E-state index contributed by atoms with van der Waals surface area (Å²) in [5, 5.41) is 11.2. The molecule has 23 heavy (non-hydrogen) atoms. The van der Waals surface area contributed by atoms with Gasteiger partial charge in [-0.2, -0.15) is 0 Å². The summed E-state index contributed by atoms with van der Waals surface area (Å²) in [7, 11) is 0. The van der Waals surface area contributed by atoms with Gasteiger partial charge in [0.1, 0.15) is 0 Å². The molecule has 0 atom stereocenters. The smallest absolute Gasteiger partial charge is 0.0896 e. The summed E-state index contributed by atoms with van der Waals surface area (Å²) in [4.78, 5) is 0. The van der Waals surface area contributed by atoms with Gasteiger partial charge in [0.25, 0.3) is 0 Å². The summed E-state index contributed by atoms with van der Waals surface area (Å²) < 4.78 is 0. The second kappa shape index (κ2) is 9.93. The third kappa shape index (κ3) is 5.49. The van der Waals surface area contributed by atoms with Gasteiger partial charge in [-0.25, -0.2) is 0 Å². The molecule has 1 rings (SSSR count). The highest BCUT2D eigenvalue weighted by Gasteiger charge is 2.28. The molecule has 1 heteroatoms. The van der Waals surface area contributed by atoms with E-state index in [1.165, 1.54) is 31.2 Å². The van der Waals surface area contributed by atoms with Crippen molar-refractivity contribution in [2.45, 2.75) is 90.6 Å². The van der Waals surface area contributed by atoms with Crippen molar-refractivity contribution in [1.82, 2.24) is 0 Å². The van der Waals surface area contributed by atoms with Crippen molar-refractivity contribution in [1.29, 1.82) is 0 Å². The van der Waals surface area contributed by atoms with Crippen LogP contribution in [-0.4, -0.2) is 5.11 Å². The highest BCUT2D eigenvalue weighted by atomic mass is 16.3. The molecule has 0 radical (unpaired) electrons. The summed E-state index contributed by atoms with van der Waals surface area (Å²) in [5.41, 5.74) is 2.91. The maximum absolute atomic E-state index is 11.2. The van der Waals surface area contributed by atoms with Gasteiger partial charge in [-0.3, -0.25) is 0 Å². The van der Waals surface area contributed by atoms with Gasteiger partial charge in [0.2, 0.25) is 0 Å². The number of aliphatic hydroxyl groups is 1. The average Bonchev–Trinajstić information content (AvgIpc) is 2.54. The van der Waals surface area contributed by atoms with Gasteiger partial charge in [-0.15, -0.1) is 0 Å². The van der Waals surface area contributed by atoms with Gasteiger partial charge < -0.3 is 5.11 Å². The first-order valence-corrected chi connectivity index (χ1v) is 9.54. The molecule has 0 fully saturated rings. The fourth-order valence-electron chi connectivity index (χ4n) is 3.71. The maximum atomic E-state index is 11.2. The normalized spacial score (nSPS) is 11.9. The Morgan fingerprint density at radius 1 is 0.957 bits per heavy atom. The van der Waals surface area contributed by atoms with Gasteiger partial charge in [0, 0.05) is 0 Å². The van der Waals surface area contributed by atoms with E-state index in [0.29, 0.717) is 5.92 Å². The molecule has 0 aliphatic rings. The van der Waals surface area contributed by atoms with Gasteiger partial charge in [-0.05, 0) is 54.4 Å². The molecule has 1 nitrogen and oxygen atoms in total. The van der Waals surface area contributed by atoms with Crippen LogP contribution < -0.4 is 0 Å². The second-order valence-electron chi connectivity index (χ2n) is 6.90. The van der Waals surface area contributed by atoms with E-state index in [0.717, 1.165) is 36.8 Å². The Balaban J connectivity index is 3.31. The summed E-state index contributed by atoms with van der Waals surface area (Å²) in [5.74, 6) is 0.594. The highest BCUT2D eigenvalue weighted by Crippen LogP contribution is 2.36. The number of hydrogen-bond acceptors (Lipinski definition) is 1. The van der Waals surface area contributed by atoms with Crippen molar-refractivity contribution in [3.63, 3.8) is 0 Å². The molecule has 0 saturated carbocycles. The minimum atomic E-state index is -0.694. The van der Waals surface area contributed by atoms with Crippen LogP contribution in [0.15, 0.2) is 24.8 Å². The quantitative estimate of drug-likeness (QED) is 0.476. The van der Waals surface area contributed by atoms with Crippen molar-refractivity contribution in [2.75, 3.05) is 0 Å². The van der Waals surface area contributed by atoms with E-state index in [-0.39, 0.29) is 0 Å². The molecule has 0 bridgehead atoms. The zero-order valence-corrected chi connectivity index (χ0v) is 15.7. The Hall–Kier alpha value is -1.08. The van der Waals surface area contributed by atoms with E-state index >= 15 is 0 Å². The average molecular weight is 317 g/mol. The molecule has 0 spiro atoms. The summed E-state index contributed by atoms with van der Waals surface area (Å²) in [6.45, 7) is 12.8. The number of benzene rings is 1. The van der Waals surface area contributed by atoms with Gasteiger partial charge in [-0.1, -0.05) is 78.2 Å². The SMILES string of the molecule is C=Cc1cc(C(CCC)CCC)cc(C(O)(CCC)CCC)c1. The monoisotopic (exact) mass is 316 g/mol. The lowest BCUT2D eigenvalue weighted by atomic mass is 9.81. The van der Waals surface area contributed by atoms with E-state index in [1.54, 1.807) is 0 Å². The van der Waals surface area contributed by atoms with Crippen molar-refractivity contribution in [2.24, 2.45) is 0 Å². The minimum Gasteiger partial charge on any atom is -0.385 e. The zero-order valence-electron chi connectivity index (χ0n) is 15.7. The van der Waals surface area contributed by atoms with Crippen LogP contribution in [0.2, 0.25) is 0 Å². The first-order chi connectivity index (χ1) is 11.0. The molecular formula is C22H36O. The van der Waals surface area contributed by atoms with Crippen molar-refractivity contribution < 1.29 is 5.11 Å². The molecule has 0 aromatic heterocycles. The molecule has 1 N–H and O–H groups in total. The van der Waals surface area contributed by atoms with Crippen LogP contribution in [0.1, 0.15) is 102 Å². The van der Waals surface area contributed by atoms with E-state index < -0.39 is 5.60 Å². The van der Waals surface area contributed by atoms with Gasteiger partial charge in [0.05, 0.1) is 5.60 Å². The molecule has 1 aromatic rings. The van der Waals surface area contributed by atoms with Crippen molar-refractivity contribution in [3.05, 3.63) is 41.5 Å². The maximum Gasteiger partial charge on any atom is 0.0896 e. The van der Waals surface area contributed by atoms with Crippen LogP contribution in [0.25, 0.3) is 6.08 Å². The molecule has 1 aromatic carbocycles. The highest BCUT2D eigenvalue weighted by molar-refractivity contribution is 5.51. The fourth-order valence-corrected chi connectivity index (χ4v) is 3.71. The van der Waals surface area contributed by atoms with Crippen molar-refractivity contribution in [3.8, 4) is 0 Å². The van der Waals surface area contributed by atoms with E-state index in [4.69, 9.17) is 0 Å². The molecule has 130 valence electrons. The molecule has 0 unspecified atom stereocenters. The van der Waals surface area contributed by atoms with Gasteiger partial charge in [0.15, 0.2) is 0 Å². The lowest BCUT2D eigenvalue weighted by Crippen LogP contribution is -2.25. The van der Waals surface area contributed by atoms with E-state index in [1.807, 2.05) is 6.08 Å². The first-order valence-electron chi connectivity index (χ1n) is 9.54. The van der Waals surface area contributed by atoms with Crippen LogP contribution in [0.5, 0.6) is 0 Å². The Labute approximate surface area is 143 Å². The van der Waals surface area contributed by atoms with Crippen molar-refractivity contribution >= 4 is 6.08 Å². The predicted octanol–water partition coefficient (Wildman–Crippen LogP) is 6.80. The number of hydrogen-bond donors (Lipinski definition) is 1. The minimum absolute atomic E-state index is 0.594. The Kier molecular flexibility index (Phi) is 8.62. The van der Waals surface area contributed by atoms with Crippen LogP contribution in [0, 0.1) is 0 Å². The first kappa shape index (κ1) is 20.0. The third-order valence-electron chi connectivity index (χ3n) is 4.82. The van der Waals surface area contributed by atoms with Crippen LogP contribution >= 0.6 is 0 Å². The standard InChI is InChI=1S/C22H36O/c1-6-11-19(12-7-2)20-15-18(10-5)16-21(17-20)22(23,13-8-3)14-9-4/h10,15-17,19,23H,5-9,11-14H2,1-4H3. The van der Waals surface area contributed by atoms with Crippen LogP contribution in [0.4, 0.5) is 0 Å². The molecule has 0 heterocycles. The lowest BCUT2D eigenvalue weighted by molar-refractivity contribution is 0.0168. The molecule has 0 aliphatic carbocycles. The van der Waals surface area contributed by atoms with Gasteiger partial charge >= 0.3 is 0 Å². The summed E-state index contributed by atoms with van der Waals surface area (Å²) >= 11 is 0. The van der Waals surface area contributed by atoms with Crippen LogP contribution in [-0.2, 0) is 5.60 Å². The largest absolute Gasteiger partial charge is 0.385 e. The fraction of sp³-hybridized carbons (Fsp3) is 0.636. The Bertz CT molecular complexity index is 463. The second-order valence-corrected chi connectivity index (χ2v) is 6.90. The van der Waals surface area contributed by atoms with E-state index in [2.05, 4.69) is 52.5 Å².